The molecule has 0 spiro atoms. The highest BCUT2D eigenvalue weighted by molar-refractivity contribution is 5.89. The van der Waals surface area contributed by atoms with E-state index in [4.69, 9.17) is 15.5 Å². The number of carbonyl (C=O) groups excluding carboxylic acids is 1. The third-order valence-corrected chi connectivity index (χ3v) is 5.82. The number of aromatic nitrogens is 3. The van der Waals surface area contributed by atoms with Gasteiger partial charge in [-0.15, -0.1) is 0 Å². The van der Waals surface area contributed by atoms with Gasteiger partial charge < -0.3 is 20.3 Å². The molecule has 9 heteroatoms. The lowest BCUT2D eigenvalue weighted by Crippen LogP contribution is -2.50. The van der Waals surface area contributed by atoms with Gasteiger partial charge in [-0.25, -0.2) is 19.2 Å². The number of rotatable bonds is 2. The fourth-order valence-electron chi connectivity index (χ4n) is 4.47. The Labute approximate surface area is 185 Å². The molecule has 0 radical (unpaired) electrons. The summed E-state index contributed by atoms with van der Waals surface area (Å²) in [6, 6.07) is 10.0. The first-order valence-corrected chi connectivity index (χ1v) is 10.6. The number of nitrogens with two attached hydrogens (primary N) is 1. The number of ether oxygens (including phenoxy) is 1. The largest absolute Gasteiger partial charge is 0.444 e. The lowest BCUT2D eigenvalue weighted by Gasteiger charge is -2.35. The highest BCUT2D eigenvalue weighted by Crippen LogP contribution is 2.37. The molecule has 4 heterocycles. The van der Waals surface area contributed by atoms with Gasteiger partial charge in [0.15, 0.2) is 5.82 Å². The van der Waals surface area contributed by atoms with Gasteiger partial charge in [0.1, 0.15) is 16.9 Å². The molecule has 2 bridgehead atoms. The van der Waals surface area contributed by atoms with E-state index in [-0.39, 0.29) is 29.9 Å². The van der Waals surface area contributed by atoms with Crippen molar-refractivity contribution in [1.29, 1.82) is 0 Å². The van der Waals surface area contributed by atoms with E-state index in [1.165, 1.54) is 12.1 Å². The van der Waals surface area contributed by atoms with Gasteiger partial charge in [0, 0.05) is 18.7 Å². The lowest BCUT2D eigenvalue weighted by molar-refractivity contribution is 0.0214. The number of carbonyl (C=O) groups is 1. The second-order valence-electron chi connectivity index (χ2n) is 9.30. The van der Waals surface area contributed by atoms with E-state index in [2.05, 4.69) is 14.9 Å². The van der Waals surface area contributed by atoms with Crippen LogP contribution in [0.25, 0.3) is 22.3 Å². The predicted octanol–water partition coefficient (Wildman–Crippen LogP) is 3.61. The van der Waals surface area contributed by atoms with Crippen molar-refractivity contribution in [2.45, 2.75) is 44.9 Å². The van der Waals surface area contributed by atoms with Crippen LogP contribution in [0, 0.1) is 5.82 Å². The molecule has 2 saturated heterocycles. The molecule has 166 valence electrons. The SMILES string of the molecule is CC(C)(C)OC(=O)N1CC2CC1CN2c1nc(N)nc2ccc(-c3ccc(F)cc3)nc12. The Morgan fingerprint density at radius 2 is 1.81 bits per heavy atom. The molecule has 2 N–H and O–H groups in total. The number of anilines is 2. The first-order valence-electron chi connectivity index (χ1n) is 10.6. The van der Waals surface area contributed by atoms with Crippen LogP contribution in [0.15, 0.2) is 36.4 Å². The molecule has 1 amide bonds. The first kappa shape index (κ1) is 20.4. The van der Waals surface area contributed by atoms with E-state index in [0.717, 1.165) is 12.0 Å². The number of amides is 1. The Kier molecular flexibility index (Phi) is 4.65. The van der Waals surface area contributed by atoms with Crippen LogP contribution in [0.4, 0.5) is 21.0 Å². The summed E-state index contributed by atoms with van der Waals surface area (Å²) >= 11 is 0. The molecule has 2 fully saturated rings. The molecular weight excluding hydrogens is 411 g/mol. The van der Waals surface area contributed by atoms with Crippen LogP contribution in [-0.2, 0) is 4.74 Å². The van der Waals surface area contributed by atoms with Gasteiger partial charge in [-0.3, -0.25) is 0 Å². The Balaban J connectivity index is 1.47. The van der Waals surface area contributed by atoms with E-state index >= 15 is 0 Å². The van der Waals surface area contributed by atoms with E-state index in [1.54, 1.807) is 17.0 Å². The number of hydrogen-bond donors (Lipinski definition) is 1. The number of nitrogen functional groups attached to an aromatic ring is 1. The van der Waals surface area contributed by atoms with Gasteiger partial charge in [-0.2, -0.15) is 4.98 Å². The smallest absolute Gasteiger partial charge is 0.410 e. The Morgan fingerprint density at radius 3 is 2.47 bits per heavy atom. The molecule has 2 aliphatic rings. The number of pyridine rings is 1. The molecule has 2 aliphatic heterocycles. The molecule has 8 nitrogen and oxygen atoms in total. The minimum atomic E-state index is -0.531. The molecule has 2 aromatic heterocycles. The summed E-state index contributed by atoms with van der Waals surface area (Å²) in [4.78, 5) is 30.2. The zero-order valence-corrected chi connectivity index (χ0v) is 18.2. The topological polar surface area (TPSA) is 97.5 Å². The van der Waals surface area contributed by atoms with Crippen LogP contribution in [0.3, 0.4) is 0 Å². The van der Waals surface area contributed by atoms with Crippen molar-refractivity contribution < 1.29 is 13.9 Å². The lowest BCUT2D eigenvalue weighted by atomic mass is 10.1. The second kappa shape index (κ2) is 7.29. The summed E-state index contributed by atoms with van der Waals surface area (Å²) in [6.07, 6.45) is 0.552. The molecule has 3 aromatic rings. The maximum atomic E-state index is 13.3. The Morgan fingerprint density at radius 1 is 1.06 bits per heavy atom. The molecular formula is C23H25FN6O2. The number of halogens is 1. The molecule has 32 heavy (non-hydrogen) atoms. The number of benzene rings is 1. The molecule has 5 rings (SSSR count). The van der Waals surface area contributed by atoms with Crippen molar-refractivity contribution in [3.63, 3.8) is 0 Å². The van der Waals surface area contributed by atoms with Gasteiger partial charge in [0.05, 0.1) is 23.3 Å². The first-order chi connectivity index (χ1) is 15.2. The van der Waals surface area contributed by atoms with Gasteiger partial charge in [0.2, 0.25) is 5.95 Å². The standard InChI is InChI=1S/C23H25FN6O2/c1-23(2,3)32-22(31)30-12-15-10-16(30)11-29(15)20-19-18(27-21(25)28-20)9-8-17(26-19)13-4-6-14(24)7-5-13/h4-9,15-16H,10-12H2,1-3H3,(H2,25,27,28). The normalized spacial score (nSPS) is 20.2. The van der Waals surface area contributed by atoms with Crippen molar-refractivity contribution in [2.24, 2.45) is 0 Å². The number of piperazine rings is 1. The van der Waals surface area contributed by atoms with E-state index in [9.17, 15) is 9.18 Å². The van der Waals surface area contributed by atoms with Crippen LogP contribution >= 0.6 is 0 Å². The van der Waals surface area contributed by atoms with Crippen molar-refractivity contribution in [3.05, 3.63) is 42.2 Å². The minimum absolute atomic E-state index is 0.0429. The molecule has 0 saturated carbocycles. The molecule has 1 aromatic carbocycles. The molecule has 0 aliphatic carbocycles. The van der Waals surface area contributed by atoms with Crippen molar-refractivity contribution >= 4 is 28.9 Å². The fourth-order valence-corrected chi connectivity index (χ4v) is 4.47. The summed E-state index contributed by atoms with van der Waals surface area (Å²) in [6.45, 7) is 6.78. The predicted molar refractivity (Wildman–Crippen MR) is 120 cm³/mol. The molecule has 2 atom stereocenters. The summed E-state index contributed by atoms with van der Waals surface area (Å²) in [7, 11) is 0. The van der Waals surface area contributed by atoms with Crippen molar-refractivity contribution in [1.82, 2.24) is 19.9 Å². The zero-order chi connectivity index (χ0) is 22.6. The van der Waals surface area contributed by atoms with Crippen LogP contribution in [0.2, 0.25) is 0 Å². The van der Waals surface area contributed by atoms with Crippen molar-refractivity contribution in [3.8, 4) is 11.3 Å². The third kappa shape index (κ3) is 3.68. The monoisotopic (exact) mass is 436 g/mol. The fraction of sp³-hybridized carbons (Fsp3) is 0.391. The number of likely N-dealkylation sites (tertiary alicyclic amines) is 1. The zero-order valence-electron chi connectivity index (χ0n) is 18.2. The maximum Gasteiger partial charge on any atom is 0.410 e. The van der Waals surface area contributed by atoms with Gasteiger partial charge in [0.25, 0.3) is 0 Å². The average Bonchev–Trinajstić information content (AvgIpc) is 3.33. The number of hydrogen-bond acceptors (Lipinski definition) is 7. The van der Waals surface area contributed by atoms with E-state index < -0.39 is 5.60 Å². The van der Waals surface area contributed by atoms with Crippen LogP contribution in [-0.4, -0.2) is 56.7 Å². The van der Waals surface area contributed by atoms with E-state index in [0.29, 0.717) is 35.6 Å². The third-order valence-electron chi connectivity index (χ3n) is 5.82. The van der Waals surface area contributed by atoms with Gasteiger partial charge in [-0.1, -0.05) is 0 Å². The minimum Gasteiger partial charge on any atom is -0.444 e. The van der Waals surface area contributed by atoms with Gasteiger partial charge >= 0.3 is 6.09 Å². The Hall–Kier alpha value is -3.49. The maximum absolute atomic E-state index is 13.3. The summed E-state index contributed by atoms with van der Waals surface area (Å²) in [5, 5.41) is 0. The van der Waals surface area contributed by atoms with Crippen molar-refractivity contribution in [2.75, 3.05) is 23.7 Å². The summed E-state index contributed by atoms with van der Waals surface area (Å²) < 4.78 is 18.9. The van der Waals surface area contributed by atoms with E-state index in [1.807, 2.05) is 32.9 Å². The molecule has 2 unspecified atom stereocenters. The Bertz CT molecular complexity index is 1190. The summed E-state index contributed by atoms with van der Waals surface area (Å²) in [5.41, 5.74) is 8.25. The highest BCUT2D eigenvalue weighted by Gasteiger charge is 2.47. The quantitative estimate of drug-likeness (QED) is 0.655. The van der Waals surface area contributed by atoms with Crippen LogP contribution in [0.1, 0.15) is 27.2 Å². The second-order valence-corrected chi connectivity index (χ2v) is 9.30. The van der Waals surface area contributed by atoms with Crippen LogP contribution < -0.4 is 10.6 Å². The number of fused-ring (bicyclic) bond motifs is 3. The summed E-state index contributed by atoms with van der Waals surface area (Å²) in [5.74, 6) is 0.539. The van der Waals surface area contributed by atoms with Gasteiger partial charge in [-0.05, 0) is 63.6 Å². The average molecular weight is 436 g/mol. The number of nitrogens with zero attached hydrogens (tertiary/aromatic N) is 5. The highest BCUT2D eigenvalue weighted by atomic mass is 19.1. The van der Waals surface area contributed by atoms with Crippen LogP contribution in [0.5, 0.6) is 0 Å².